The Kier molecular flexibility index (Phi) is 4.20. The summed E-state index contributed by atoms with van der Waals surface area (Å²) in [6.45, 7) is 1.93. The molecule has 2 aromatic carbocycles. The lowest BCUT2D eigenvalue weighted by atomic mass is 10.1. The van der Waals surface area contributed by atoms with Crippen LogP contribution in [0.4, 0.5) is 5.69 Å². The molecule has 0 aliphatic rings. The highest BCUT2D eigenvalue weighted by atomic mass is 79.9. The number of amides is 1. The van der Waals surface area contributed by atoms with E-state index in [4.69, 9.17) is 27.8 Å². The molecule has 2 aromatic rings. The first-order valence-electron chi connectivity index (χ1n) is 5.71. The minimum absolute atomic E-state index is 0.149. The molecule has 0 unspecified atom stereocenters. The molecule has 6 heteroatoms. The van der Waals surface area contributed by atoms with E-state index >= 15 is 0 Å². The van der Waals surface area contributed by atoms with Gasteiger partial charge in [-0.3, -0.25) is 4.79 Å². The topological polar surface area (TPSA) is 78.3 Å². The molecule has 2 rings (SSSR count). The quantitative estimate of drug-likeness (QED) is 0.820. The number of anilines is 1. The summed E-state index contributed by atoms with van der Waals surface area (Å²) in [6.07, 6.45) is 0. The molecular formula is C14H12BrClN2O2. The Hall–Kier alpha value is -1.72. The largest absolute Gasteiger partial charge is 0.455 e. The van der Waals surface area contributed by atoms with Crippen LogP contribution in [-0.4, -0.2) is 5.91 Å². The Morgan fingerprint density at radius 1 is 1.30 bits per heavy atom. The van der Waals surface area contributed by atoms with Crippen LogP contribution >= 0.6 is 27.5 Å². The molecule has 1 amide bonds. The van der Waals surface area contributed by atoms with Crippen molar-refractivity contribution in [1.82, 2.24) is 0 Å². The van der Waals surface area contributed by atoms with E-state index in [0.717, 1.165) is 10.0 Å². The summed E-state index contributed by atoms with van der Waals surface area (Å²) in [6, 6.07) is 8.38. The van der Waals surface area contributed by atoms with Gasteiger partial charge in [0.15, 0.2) is 5.75 Å². The summed E-state index contributed by atoms with van der Waals surface area (Å²) in [5.41, 5.74) is 12.5. The molecule has 0 aliphatic carbocycles. The second-order valence-corrected chi connectivity index (χ2v) is 5.52. The van der Waals surface area contributed by atoms with E-state index in [0.29, 0.717) is 11.4 Å². The molecule has 104 valence electrons. The van der Waals surface area contributed by atoms with E-state index in [-0.39, 0.29) is 16.3 Å². The van der Waals surface area contributed by atoms with Crippen LogP contribution in [0.15, 0.2) is 34.8 Å². The molecule has 4 N–H and O–H groups in total. The van der Waals surface area contributed by atoms with Gasteiger partial charge in [0.2, 0.25) is 0 Å². The van der Waals surface area contributed by atoms with Crippen LogP contribution in [-0.2, 0) is 0 Å². The van der Waals surface area contributed by atoms with Crippen molar-refractivity contribution < 1.29 is 9.53 Å². The number of halogens is 2. The van der Waals surface area contributed by atoms with Crippen LogP contribution < -0.4 is 16.2 Å². The second-order valence-electron chi connectivity index (χ2n) is 4.26. The third-order valence-electron chi connectivity index (χ3n) is 2.68. The molecule has 0 heterocycles. The normalized spacial score (nSPS) is 10.3. The van der Waals surface area contributed by atoms with Gasteiger partial charge >= 0.3 is 0 Å². The molecule has 20 heavy (non-hydrogen) atoms. The summed E-state index contributed by atoms with van der Waals surface area (Å²) >= 11 is 9.48. The smallest absolute Gasteiger partial charge is 0.252 e. The Morgan fingerprint density at radius 3 is 2.60 bits per heavy atom. The van der Waals surface area contributed by atoms with Crippen molar-refractivity contribution in [2.45, 2.75) is 6.92 Å². The summed E-state index contributed by atoms with van der Waals surface area (Å²) < 4.78 is 6.64. The molecule has 0 saturated heterocycles. The zero-order valence-corrected chi connectivity index (χ0v) is 13.0. The van der Waals surface area contributed by atoms with Crippen molar-refractivity contribution >= 4 is 39.1 Å². The van der Waals surface area contributed by atoms with E-state index < -0.39 is 5.91 Å². The first-order valence-corrected chi connectivity index (χ1v) is 6.88. The van der Waals surface area contributed by atoms with Crippen LogP contribution in [0.1, 0.15) is 15.9 Å². The molecule has 0 atom stereocenters. The fourth-order valence-electron chi connectivity index (χ4n) is 1.70. The summed E-state index contributed by atoms with van der Waals surface area (Å²) in [4.78, 5) is 11.5. The molecule has 4 nitrogen and oxygen atoms in total. The number of carbonyl (C=O) groups is 1. The summed E-state index contributed by atoms with van der Waals surface area (Å²) in [5, 5.41) is 0.236. The number of ether oxygens (including phenoxy) is 1. The van der Waals surface area contributed by atoms with Crippen molar-refractivity contribution in [2.24, 2.45) is 5.73 Å². The summed E-state index contributed by atoms with van der Waals surface area (Å²) in [7, 11) is 0. The number of carbonyl (C=O) groups excluding carboxylic acids is 1. The third-order valence-corrected chi connectivity index (χ3v) is 3.85. The number of rotatable bonds is 3. The second kappa shape index (κ2) is 5.73. The fraction of sp³-hybridized carbons (Fsp3) is 0.0714. The van der Waals surface area contributed by atoms with Crippen molar-refractivity contribution in [3.05, 3.63) is 51.0 Å². The maximum atomic E-state index is 11.5. The minimum Gasteiger partial charge on any atom is -0.455 e. The van der Waals surface area contributed by atoms with Crippen LogP contribution in [0, 0.1) is 6.92 Å². The van der Waals surface area contributed by atoms with Gasteiger partial charge in [-0.25, -0.2) is 0 Å². The molecular weight excluding hydrogens is 344 g/mol. The van der Waals surface area contributed by atoms with Crippen molar-refractivity contribution in [2.75, 3.05) is 5.73 Å². The molecule has 0 saturated carbocycles. The Morgan fingerprint density at radius 2 is 2.00 bits per heavy atom. The number of primary amides is 1. The van der Waals surface area contributed by atoms with Gasteiger partial charge in [-0.2, -0.15) is 0 Å². The van der Waals surface area contributed by atoms with Crippen LogP contribution in [0.3, 0.4) is 0 Å². The third kappa shape index (κ3) is 3.05. The van der Waals surface area contributed by atoms with Gasteiger partial charge in [0.25, 0.3) is 5.91 Å². The summed E-state index contributed by atoms with van der Waals surface area (Å²) in [5.74, 6) is 0.109. The fourth-order valence-corrected chi connectivity index (χ4v) is 2.21. The highest BCUT2D eigenvalue weighted by Gasteiger charge is 2.16. The Balaban J connectivity index is 2.47. The average molecular weight is 356 g/mol. The number of nitrogens with two attached hydrogens (primary N) is 2. The van der Waals surface area contributed by atoms with E-state index in [1.807, 2.05) is 19.1 Å². The standard InChI is InChI=1S/C14H12BrClN2O2/c1-7-4-9(2-3-11(7)15)20-13-10(14(18)19)5-8(17)6-12(13)16/h2-6H,17H2,1H3,(H2,18,19). The number of hydrogen-bond donors (Lipinski definition) is 2. The van der Waals surface area contributed by atoms with Crippen LogP contribution in [0.5, 0.6) is 11.5 Å². The van der Waals surface area contributed by atoms with Gasteiger partial charge in [0.05, 0.1) is 10.6 Å². The van der Waals surface area contributed by atoms with Crippen LogP contribution in [0.2, 0.25) is 5.02 Å². The number of hydrogen-bond acceptors (Lipinski definition) is 3. The lowest BCUT2D eigenvalue weighted by molar-refractivity contribution is 0.0998. The Labute approximate surface area is 129 Å². The van der Waals surface area contributed by atoms with Gasteiger partial charge in [-0.15, -0.1) is 0 Å². The van der Waals surface area contributed by atoms with Crippen LogP contribution in [0.25, 0.3) is 0 Å². The first-order chi connectivity index (χ1) is 9.38. The van der Waals surface area contributed by atoms with Gasteiger partial charge in [0.1, 0.15) is 5.75 Å². The van der Waals surface area contributed by atoms with Gasteiger partial charge < -0.3 is 16.2 Å². The minimum atomic E-state index is -0.650. The molecule has 0 spiro atoms. The maximum Gasteiger partial charge on any atom is 0.252 e. The van der Waals surface area contributed by atoms with Crippen molar-refractivity contribution in [1.29, 1.82) is 0 Å². The van der Waals surface area contributed by atoms with Gasteiger partial charge in [-0.05, 0) is 42.8 Å². The van der Waals surface area contributed by atoms with E-state index in [1.165, 1.54) is 12.1 Å². The van der Waals surface area contributed by atoms with E-state index in [9.17, 15) is 4.79 Å². The zero-order chi connectivity index (χ0) is 14.9. The molecule has 0 fully saturated rings. The highest BCUT2D eigenvalue weighted by molar-refractivity contribution is 9.10. The van der Waals surface area contributed by atoms with Crippen molar-refractivity contribution in [3.8, 4) is 11.5 Å². The van der Waals surface area contributed by atoms with E-state index in [2.05, 4.69) is 15.9 Å². The van der Waals surface area contributed by atoms with E-state index in [1.54, 1.807) is 6.07 Å². The predicted octanol–water partition coefficient (Wildman–Crippen LogP) is 3.88. The SMILES string of the molecule is Cc1cc(Oc2c(Cl)cc(N)cc2C(N)=O)ccc1Br. The lowest BCUT2D eigenvalue weighted by Crippen LogP contribution is -2.13. The predicted molar refractivity (Wildman–Crippen MR) is 83.3 cm³/mol. The number of nitrogen functional groups attached to an aromatic ring is 1. The highest BCUT2D eigenvalue weighted by Crippen LogP contribution is 2.35. The average Bonchev–Trinajstić information content (AvgIpc) is 2.36. The number of benzene rings is 2. The lowest BCUT2D eigenvalue weighted by Gasteiger charge is -2.12. The molecule has 0 aliphatic heterocycles. The van der Waals surface area contributed by atoms with Gasteiger partial charge in [-0.1, -0.05) is 27.5 Å². The molecule has 0 bridgehead atoms. The monoisotopic (exact) mass is 354 g/mol. The Bertz CT molecular complexity index is 689. The zero-order valence-electron chi connectivity index (χ0n) is 10.6. The first kappa shape index (κ1) is 14.7. The molecule has 0 aromatic heterocycles. The molecule has 0 radical (unpaired) electrons. The number of aryl methyl sites for hydroxylation is 1. The van der Waals surface area contributed by atoms with Crippen molar-refractivity contribution in [3.63, 3.8) is 0 Å². The maximum absolute atomic E-state index is 11.5. The van der Waals surface area contributed by atoms with Gasteiger partial charge in [0, 0.05) is 10.2 Å².